The fourth-order valence-corrected chi connectivity index (χ4v) is 4.11. The fraction of sp³-hybridized carbons (Fsp3) is 0.318. The third-order valence-electron chi connectivity index (χ3n) is 4.32. The molecule has 0 spiro atoms. The van der Waals surface area contributed by atoms with Crippen LogP contribution in [-0.4, -0.2) is 39.7 Å². The van der Waals surface area contributed by atoms with Crippen LogP contribution >= 0.6 is 11.8 Å². The van der Waals surface area contributed by atoms with Crippen LogP contribution in [0.1, 0.15) is 26.7 Å². The van der Waals surface area contributed by atoms with Crippen molar-refractivity contribution in [2.75, 3.05) is 13.7 Å². The molecule has 0 aliphatic carbocycles. The summed E-state index contributed by atoms with van der Waals surface area (Å²) in [7, 11) is 1.64. The number of rotatable bonds is 9. The zero-order valence-electron chi connectivity index (χ0n) is 16.9. The van der Waals surface area contributed by atoms with Gasteiger partial charge in [-0.05, 0) is 37.6 Å². The summed E-state index contributed by atoms with van der Waals surface area (Å²) in [5.41, 5.74) is 1.81. The van der Waals surface area contributed by atoms with Crippen LogP contribution in [-0.2, 0) is 9.53 Å². The van der Waals surface area contributed by atoms with Gasteiger partial charge in [-0.15, -0.1) is 10.2 Å². The van der Waals surface area contributed by atoms with Gasteiger partial charge in [0.2, 0.25) is 0 Å². The van der Waals surface area contributed by atoms with Gasteiger partial charge in [-0.2, -0.15) is 0 Å². The van der Waals surface area contributed by atoms with Crippen LogP contribution in [0.15, 0.2) is 59.8 Å². The average Bonchev–Trinajstić information content (AvgIpc) is 3.18. The lowest BCUT2D eigenvalue weighted by Gasteiger charge is -2.15. The molecule has 0 aliphatic rings. The van der Waals surface area contributed by atoms with Gasteiger partial charge >= 0.3 is 5.97 Å². The van der Waals surface area contributed by atoms with Crippen molar-refractivity contribution in [1.82, 2.24) is 14.8 Å². The minimum Gasteiger partial charge on any atom is -0.497 e. The number of benzene rings is 2. The fourth-order valence-electron chi connectivity index (χ4n) is 2.95. The molecule has 7 heteroatoms. The van der Waals surface area contributed by atoms with E-state index in [4.69, 9.17) is 9.47 Å². The lowest BCUT2D eigenvalue weighted by molar-refractivity contribution is -0.142. The SMILES string of the molecule is CCCC(Sc1nnc(-c2cccc(OC)c2)n1-c1ccccc1)C(=O)OCC. The highest BCUT2D eigenvalue weighted by Gasteiger charge is 2.25. The number of ether oxygens (including phenoxy) is 2. The molecule has 3 rings (SSSR count). The number of hydrogen-bond donors (Lipinski definition) is 0. The normalized spacial score (nSPS) is 11.8. The molecule has 0 bridgehead atoms. The maximum Gasteiger partial charge on any atom is 0.319 e. The highest BCUT2D eigenvalue weighted by Crippen LogP contribution is 2.33. The molecule has 0 fully saturated rings. The van der Waals surface area contributed by atoms with Gasteiger partial charge in [0.15, 0.2) is 11.0 Å². The largest absolute Gasteiger partial charge is 0.497 e. The molecule has 0 saturated carbocycles. The van der Waals surface area contributed by atoms with E-state index in [2.05, 4.69) is 17.1 Å². The third kappa shape index (κ3) is 4.98. The highest BCUT2D eigenvalue weighted by atomic mass is 32.2. The summed E-state index contributed by atoms with van der Waals surface area (Å²) in [6.45, 7) is 4.23. The predicted octanol–water partition coefficient (Wildman–Crippen LogP) is 4.77. The van der Waals surface area contributed by atoms with E-state index in [0.717, 1.165) is 23.4 Å². The van der Waals surface area contributed by atoms with E-state index in [9.17, 15) is 4.79 Å². The first kappa shape index (κ1) is 20.9. The summed E-state index contributed by atoms with van der Waals surface area (Å²) in [6, 6.07) is 17.6. The molecule has 0 radical (unpaired) electrons. The molecule has 1 aromatic heterocycles. The van der Waals surface area contributed by atoms with Crippen molar-refractivity contribution >= 4 is 17.7 Å². The Kier molecular flexibility index (Phi) is 7.30. The van der Waals surface area contributed by atoms with Crippen molar-refractivity contribution in [3.05, 3.63) is 54.6 Å². The summed E-state index contributed by atoms with van der Waals surface area (Å²) in [5, 5.41) is 9.18. The van der Waals surface area contributed by atoms with Gasteiger partial charge in [0.25, 0.3) is 0 Å². The van der Waals surface area contributed by atoms with Gasteiger partial charge in [-0.3, -0.25) is 9.36 Å². The molecule has 2 aromatic carbocycles. The molecule has 0 amide bonds. The summed E-state index contributed by atoms with van der Waals surface area (Å²) in [6.07, 6.45) is 1.58. The molecule has 29 heavy (non-hydrogen) atoms. The second-order valence-corrected chi connectivity index (χ2v) is 7.53. The molecule has 0 N–H and O–H groups in total. The summed E-state index contributed by atoms with van der Waals surface area (Å²) >= 11 is 1.39. The van der Waals surface area contributed by atoms with Crippen LogP contribution in [0.4, 0.5) is 0 Å². The Morgan fingerprint density at radius 3 is 2.59 bits per heavy atom. The number of esters is 1. The van der Waals surface area contributed by atoms with E-state index in [0.29, 0.717) is 24.0 Å². The lowest BCUT2D eigenvalue weighted by Crippen LogP contribution is -2.20. The van der Waals surface area contributed by atoms with Crippen LogP contribution in [0.5, 0.6) is 5.75 Å². The number of carbonyl (C=O) groups is 1. The van der Waals surface area contributed by atoms with E-state index in [-0.39, 0.29) is 11.2 Å². The van der Waals surface area contributed by atoms with E-state index in [1.807, 2.05) is 66.1 Å². The molecule has 6 nitrogen and oxygen atoms in total. The highest BCUT2D eigenvalue weighted by molar-refractivity contribution is 8.00. The third-order valence-corrected chi connectivity index (χ3v) is 5.51. The molecule has 1 unspecified atom stereocenters. The van der Waals surface area contributed by atoms with Gasteiger partial charge in [0.05, 0.1) is 13.7 Å². The number of aromatic nitrogens is 3. The van der Waals surface area contributed by atoms with E-state index in [1.165, 1.54) is 11.8 Å². The molecule has 3 aromatic rings. The van der Waals surface area contributed by atoms with Gasteiger partial charge in [0, 0.05) is 11.3 Å². The summed E-state index contributed by atoms with van der Waals surface area (Å²) in [5.74, 6) is 1.22. The first-order valence-electron chi connectivity index (χ1n) is 9.66. The van der Waals surface area contributed by atoms with Crippen molar-refractivity contribution in [2.45, 2.75) is 37.1 Å². The Balaban J connectivity index is 2.05. The van der Waals surface area contributed by atoms with Crippen LogP contribution in [0.25, 0.3) is 17.1 Å². The van der Waals surface area contributed by atoms with Crippen molar-refractivity contribution in [3.63, 3.8) is 0 Å². The number of thioether (sulfide) groups is 1. The average molecular weight is 412 g/mol. The zero-order chi connectivity index (χ0) is 20.6. The molecular weight excluding hydrogens is 386 g/mol. The standard InChI is InChI=1S/C22H25N3O3S/c1-4-10-19(21(26)28-5-2)29-22-24-23-20(16-11-9-14-18(15-16)27-3)25(22)17-12-7-6-8-13-17/h6-9,11-15,19H,4-5,10H2,1-3H3. The van der Waals surface area contributed by atoms with Crippen molar-refractivity contribution < 1.29 is 14.3 Å². The summed E-state index contributed by atoms with van der Waals surface area (Å²) in [4.78, 5) is 12.4. The second-order valence-electron chi connectivity index (χ2n) is 6.36. The molecule has 1 atom stereocenters. The van der Waals surface area contributed by atoms with Gasteiger partial charge < -0.3 is 9.47 Å². The van der Waals surface area contributed by atoms with E-state index in [1.54, 1.807) is 7.11 Å². The van der Waals surface area contributed by atoms with Gasteiger partial charge in [-0.1, -0.05) is 55.4 Å². The Bertz CT molecular complexity index is 943. The minimum absolute atomic E-state index is 0.218. The zero-order valence-corrected chi connectivity index (χ0v) is 17.7. The van der Waals surface area contributed by atoms with Crippen LogP contribution in [0.2, 0.25) is 0 Å². The smallest absolute Gasteiger partial charge is 0.319 e. The monoisotopic (exact) mass is 411 g/mol. The lowest BCUT2D eigenvalue weighted by atomic mass is 10.2. The maximum absolute atomic E-state index is 12.4. The van der Waals surface area contributed by atoms with Crippen molar-refractivity contribution in [2.24, 2.45) is 0 Å². The van der Waals surface area contributed by atoms with Crippen LogP contribution < -0.4 is 4.74 Å². The van der Waals surface area contributed by atoms with E-state index < -0.39 is 0 Å². The number of nitrogens with zero attached hydrogens (tertiary/aromatic N) is 3. The first-order chi connectivity index (χ1) is 14.2. The molecular formula is C22H25N3O3S. The molecule has 1 heterocycles. The minimum atomic E-state index is -0.329. The number of carbonyl (C=O) groups excluding carboxylic acids is 1. The van der Waals surface area contributed by atoms with E-state index >= 15 is 0 Å². The number of methoxy groups -OCH3 is 1. The van der Waals surface area contributed by atoms with Crippen molar-refractivity contribution in [3.8, 4) is 22.8 Å². The predicted molar refractivity (Wildman–Crippen MR) is 115 cm³/mol. The number of hydrogen-bond acceptors (Lipinski definition) is 6. The molecule has 152 valence electrons. The van der Waals surface area contributed by atoms with Gasteiger partial charge in [-0.25, -0.2) is 0 Å². The van der Waals surface area contributed by atoms with Gasteiger partial charge in [0.1, 0.15) is 11.0 Å². The first-order valence-corrected chi connectivity index (χ1v) is 10.5. The Labute approximate surface area is 175 Å². The Morgan fingerprint density at radius 1 is 1.10 bits per heavy atom. The Hall–Kier alpha value is -2.80. The number of para-hydroxylation sites is 1. The topological polar surface area (TPSA) is 66.2 Å². The molecule has 0 saturated heterocycles. The maximum atomic E-state index is 12.4. The molecule has 0 aliphatic heterocycles. The summed E-state index contributed by atoms with van der Waals surface area (Å²) < 4.78 is 12.6. The van der Waals surface area contributed by atoms with Crippen LogP contribution in [0.3, 0.4) is 0 Å². The van der Waals surface area contributed by atoms with Crippen molar-refractivity contribution in [1.29, 1.82) is 0 Å². The quantitative estimate of drug-likeness (QED) is 0.373. The second kappa shape index (κ2) is 10.1. The van der Waals surface area contributed by atoms with Crippen LogP contribution in [0, 0.1) is 0 Å². The Morgan fingerprint density at radius 2 is 1.90 bits per heavy atom.